The van der Waals surface area contributed by atoms with Crippen molar-refractivity contribution in [2.45, 2.75) is 13.8 Å². The SMILES string of the molecule is Cc1ccc(OCC(=O)N/N=C\c2ccc(-c3cccc([N+](=O)[O-])c3)o2)cc1C. The van der Waals surface area contributed by atoms with Gasteiger partial charge in [0.1, 0.15) is 17.3 Å². The van der Waals surface area contributed by atoms with Crippen molar-refractivity contribution >= 4 is 17.8 Å². The number of nitrogens with zero attached hydrogens (tertiary/aromatic N) is 2. The van der Waals surface area contributed by atoms with Gasteiger partial charge in [0.2, 0.25) is 0 Å². The molecule has 0 aliphatic carbocycles. The molecular formula is C21H19N3O5. The predicted molar refractivity (Wildman–Crippen MR) is 108 cm³/mol. The molecule has 8 nitrogen and oxygen atoms in total. The first-order chi connectivity index (χ1) is 13.9. The van der Waals surface area contributed by atoms with Gasteiger partial charge in [-0.05, 0) is 49.2 Å². The topological polar surface area (TPSA) is 107 Å². The molecule has 0 bridgehead atoms. The number of carbonyl (C=O) groups excluding carboxylic acids is 1. The Labute approximate surface area is 167 Å². The number of carbonyl (C=O) groups is 1. The van der Waals surface area contributed by atoms with Gasteiger partial charge in [-0.3, -0.25) is 14.9 Å². The number of ether oxygens (including phenoxy) is 1. The largest absolute Gasteiger partial charge is 0.484 e. The lowest BCUT2D eigenvalue weighted by Crippen LogP contribution is -2.24. The Bertz CT molecular complexity index is 1070. The molecule has 1 aromatic heterocycles. The molecule has 3 aromatic rings. The van der Waals surface area contributed by atoms with Gasteiger partial charge in [0.15, 0.2) is 6.61 Å². The minimum Gasteiger partial charge on any atom is -0.484 e. The van der Waals surface area contributed by atoms with Crippen LogP contribution in [0.3, 0.4) is 0 Å². The van der Waals surface area contributed by atoms with Gasteiger partial charge in [-0.25, -0.2) is 5.43 Å². The van der Waals surface area contributed by atoms with Gasteiger partial charge in [-0.15, -0.1) is 0 Å². The van der Waals surface area contributed by atoms with Crippen LogP contribution in [-0.4, -0.2) is 23.7 Å². The average Bonchev–Trinajstić information content (AvgIpc) is 3.18. The highest BCUT2D eigenvalue weighted by molar-refractivity contribution is 5.81. The lowest BCUT2D eigenvalue weighted by molar-refractivity contribution is -0.384. The quantitative estimate of drug-likeness (QED) is 0.371. The highest BCUT2D eigenvalue weighted by Crippen LogP contribution is 2.25. The summed E-state index contributed by atoms with van der Waals surface area (Å²) in [4.78, 5) is 22.2. The Morgan fingerprint density at radius 1 is 1.17 bits per heavy atom. The number of hydrazone groups is 1. The number of nitrogens with one attached hydrogen (secondary N) is 1. The second kappa shape index (κ2) is 8.83. The fraction of sp³-hybridized carbons (Fsp3) is 0.143. The number of hydrogen-bond donors (Lipinski definition) is 1. The lowest BCUT2D eigenvalue weighted by Gasteiger charge is -2.07. The second-order valence-electron chi connectivity index (χ2n) is 6.34. The minimum absolute atomic E-state index is 0.0230. The van der Waals surface area contributed by atoms with Gasteiger partial charge >= 0.3 is 0 Å². The third kappa shape index (κ3) is 5.29. The Morgan fingerprint density at radius 2 is 2.00 bits per heavy atom. The van der Waals surface area contributed by atoms with Gasteiger partial charge in [0.05, 0.1) is 11.1 Å². The van der Waals surface area contributed by atoms with Crippen molar-refractivity contribution in [3.05, 3.63) is 81.6 Å². The van der Waals surface area contributed by atoms with E-state index in [2.05, 4.69) is 10.5 Å². The van der Waals surface area contributed by atoms with E-state index in [4.69, 9.17) is 9.15 Å². The Morgan fingerprint density at radius 3 is 2.76 bits per heavy atom. The van der Waals surface area contributed by atoms with Crippen LogP contribution < -0.4 is 10.2 Å². The smallest absolute Gasteiger partial charge is 0.277 e. The van der Waals surface area contributed by atoms with Gasteiger partial charge in [-0.2, -0.15) is 5.10 Å². The molecule has 0 unspecified atom stereocenters. The molecule has 8 heteroatoms. The zero-order chi connectivity index (χ0) is 20.8. The first-order valence-corrected chi connectivity index (χ1v) is 8.79. The molecule has 0 atom stereocenters. The van der Waals surface area contributed by atoms with Crippen molar-refractivity contribution in [2.75, 3.05) is 6.61 Å². The molecule has 148 valence electrons. The van der Waals surface area contributed by atoms with Crippen LogP contribution in [0.4, 0.5) is 5.69 Å². The Hall–Kier alpha value is -3.94. The van der Waals surface area contributed by atoms with Gasteiger partial charge in [0, 0.05) is 17.7 Å². The predicted octanol–water partition coefficient (Wildman–Crippen LogP) is 4.00. The van der Waals surface area contributed by atoms with Crippen LogP contribution in [-0.2, 0) is 4.79 Å². The van der Waals surface area contributed by atoms with Gasteiger partial charge in [-0.1, -0.05) is 18.2 Å². The number of hydrogen-bond acceptors (Lipinski definition) is 6. The van der Waals surface area contributed by atoms with Crippen LogP contribution in [0.5, 0.6) is 5.75 Å². The maximum absolute atomic E-state index is 11.8. The summed E-state index contributed by atoms with van der Waals surface area (Å²) in [6.45, 7) is 3.80. The van der Waals surface area contributed by atoms with Crippen molar-refractivity contribution < 1.29 is 18.9 Å². The number of furan rings is 1. The molecule has 0 radical (unpaired) electrons. The number of nitro benzene ring substituents is 1. The van der Waals surface area contributed by atoms with E-state index < -0.39 is 10.8 Å². The third-order valence-corrected chi connectivity index (χ3v) is 4.20. The van der Waals surface area contributed by atoms with Crippen molar-refractivity contribution in [1.29, 1.82) is 0 Å². The first kappa shape index (κ1) is 19.8. The summed E-state index contributed by atoms with van der Waals surface area (Å²) in [7, 11) is 0. The van der Waals surface area contributed by atoms with Crippen molar-refractivity contribution in [3.8, 4) is 17.1 Å². The number of benzene rings is 2. The molecule has 0 saturated carbocycles. The number of rotatable bonds is 7. The van der Waals surface area contributed by atoms with Gasteiger partial charge < -0.3 is 9.15 Å². The van der Waals surface area contributed by atoms with Gasteiger partial charge in [0.25, 0.3) is 11.6 Å². The van der Waals surface area contributed by atoms with Crippen LogP contribution in [0, 0.1) is 24.0 Å². The molecule has 0 fully saturated rings. The summed E-state index contributed by atoms with van der Waals surface area (Å²) >= 11 is 0. The van der Waals surface area contributed by atoms with E-state index >= 15 is 0 Å². The molecule has 0 aliphatic rings. The van der Waals surface area contributed by atoms with E-state index in [1.54, 1.807) is 30.3 Å². The highest BCUT2D eigenvalue weighted by Gasteiger charge is 2.10. The molecule has 0 aliphatic heterocycles. The van der Waals surface area contributed by atoms with Crippen molar-refractivity contribution in [1.82, 2.24) is 5.43 Å². The lowest BCUT2D eigenvalue weighted by atomic mass is 10.1. The van der Waals surface area contributed by atoms with E-state index in [0.29, 0.717) is 22.8 Å². The number of nitro groups is 1. The number of non-ortho nitro benzene ring substituents is 1. The zero-order valence-electron chi connectivity index (χ0n) is 15.9. The summed E-state index contributed by atoms with van der Waals surface area (Å²) in [5.74, 6) is 1.05. The normalized spacial score (nSPS) is 10.8. The first-order valence-electron chi connectivity index (χ1n) is 8.79. The molecule has 1 N–H and O–H groups in total. The maximum Gasteiger partial charge on any atom is 0.277 e. The van der Waals surface area contributed by atoms with Crippen LogP contribution in [0.25, 0.3) is 11.3 Å². The summed E-state index contributed by atoms with van der Waals surface area (Å²) < 4.78 is 11.0. The van der Waals surface area contributed by atoms with Crippen LogP contribution in [0.1, 0.15) is 16.9 Å². The van der Waals surface area contributed by atoms with E-state index in [1.165, 1.54) is 18.3 Å². The molecule has 29 heavy (non-hydrogen) atoms. The molecule has 1 amide bonds. The summed E-state index contributed by atoms with van der Waals surface area (Å²) in [6, 6.07) is 15.0. The Kier molecular flexibility index (Phi) is 6.03. The number of aryl methyl sites for hydroxylation is 2. The molecule has 2 aromatic carbocycles. The molecule has 0 spiro atoms. The van der Waals surface area contributed by atoms with E-state index in [1.807, 2.05) is 26.0 Å². The summed E-state index contributed by atoms with van der Waals surface area (Å²) in [5, 5.41) is 14.7. The fourth-order valence-corrected chi connectivity index (χ4v) is 2.50. The van der Waals surface area contributed by atoms with E-state index in [-0.39, 0.29) is 12.3 Å². The molecular weight excluding hydrogens is 374 g/mol. The monoisotopic (exact) mass is 393 g/mol. The van der Waals surface area contributed by atoms with Crippen LogP contribution in [0.15, 0.2) is 64.1 Å². The zero-order valence-corrected chi connectivity index (χ0v) is 15.9. The van der Waals surface area contributed by atoms with E-state index in [0.717, 1.165) is 11.1 Å². The maximum atomic E-state index is 11.8. The molecule has 3 rings (SSSR count). The fourth-order valence-electron chi connectivity index (χ4n) is 2.50. The van der Waals surface area contributed by atoms with Crippen molar-refractivity contribution in [2.24, 2.45) is 5.10 Å². The minimum atomic E-state index is -0.468. The van der Waals surface area contributed by atoms with Crippen molar-refractivity contribution in [3.63, 3.8) is 0 Å². The molecule has 0 saturated heterocycles. The molecule has 1 heterocycles. The van der Waals surface area contributed by atoms with Crippen LogP contribution in [0.2, 0.25) is 0 Å². The Balaban J connectivity index is 1.54. The third-order valence-electron chi connectivity index (χ3n) is 4.20. The highest BCUT2D eigenvalue weighted by atomic mass is 16.6. The summed E-state index contributed by atoms with van der Waals surface area (Å²) in [6.07, 6.45) is 1.34. The standard InChI is InChI=1S/C21H19N3O5/c1-14-6-7-18(10-15(14)2)28-13-21(25)23-22-12-19-8-9-20(29-19)16-4-3-5-17(11-16)24(26)27/h3-12H,13H2,1-2H3,(H,23,25)/b22-12-. The van der Waals surface area contributed by atoms with E-state index in [9.17, 15) is 14.9 Å². The average molecular weight is 393 g/mol. The second-order valence-corrected chi connectivity index (χ2v) is 6.34. The van der Waals surface area contributed by atoms with Crippen LogP contribution >= 0.6 is 0 Å². The number of amides is 1. The summed E-state index contributed by atoms with van der Waals surface area (Å²) in [5.41, 5.74) is 5.14.